The lowest BCUT2D eigenvalue weighted by atomic mass is 10.0. The van der Waals surface area contributed by atoms with Crippen molar-refractivity contribution in [3.8, 4) is 0 Å². The molecule has 0 spiro atoms. The average Bonchev–Trinajstić information content (AvgIpc) is 3.00. The van der Waals surface area contributed by atoms with Crippen molar-refractivity contribution in [3.63, 3.8) is 0 Å². The van der Waals surface area contributed by atoms with E-state index in [-0.39, 0.29) is 25.3 Å². The fourth-order valence-electron chi connectivity index (χ4n) is 5.28. The van der Waals surface area contributed by atoms with Crippen LogP contribution in [0.5, 0.6) is 0 Å². The van der Waals surface area contributed by atoms with Crippen LogP contribution in [-0.4, -0.2) is 92.2 Å². The van der Waals surface area contributed by atoms with E-state index in [4.69, 9.17) is 14.2 Å². The zero-order valence-corrected chi connectivity index (χ0v) is 28.8. The molecule has 0 aliphatic carbocycles. The minimum Gasteiger partial charge on any atom is -0.466 e. The highest BCUT2D eigenvalue weighted by Gasteiger charge is 2.16. The van der Waals surface area contributed by atoms with Gasteiger partial charge >= 0.3 is 12.1 Å². The summed E-state index contributed by atoms with van der Waals surface area (Å²) in [7, 11) is 0. The molecule has 8 nitrogen and oxygen atoms in total. The summed E-state index contributed by atoms with van der Waals surface area (Å²) in [5.41, 5.74) is 0. The fraction of sp³-hybridized carbons (Fsp3) is 0.943. The number of aliphatic hydroxyl groups is 1. The number of carbonyl (C=O) groups is 2. The average molecular weight is 615 g/mol. The predicted molar refractivity (Wildman–Crippen MR) is 178 cm³/mol. The molecule has 8 heteroatoms. The summed E-state index contributed by atoms with van der Waals surface area (Å²) in [5.74, 6) is -0.0516. The van der Waals surface area contributed by atoms with Gasteiger partial charge in [0, 0.05) is 32.6 Å². The molecule has 43 heavy (non-hydrogen) atoms. The second kappa shape index (κ2) is 32.0. The Morgan fingerprint density at radius 3 is 1.72 bits per heavy atom. The number of esters is 1. The first-order chi connectivity index (χ1) is 21.0. The van der Waals surface area contributed by atoms with Crippen molar-refractivity contribution in [2.24, 2.45) is 0 Å². The molecule has 0 aliphatic rings. The van der Waals surface area contributed by atoms with Crippen molar-refractivity contribution in [1.82, 2.24) is 9.80 Å². The van der Waals surface area contributed by atoms with Gasteiger partial charge in [0.2, 0.25) is 0 Å². The van der Waals surface area contributed by atoms with E-state index in [2.05, 4.69) is 37.5 Å². The van der Waals surface area contributed by atoms with Gasteiger partial charge in [0.05, 0.1) is 13.2 Å². The predicted octanol–water partition coefficient (Wildman–Crippen LogP) is 8.14. The Kier molecular flexibility index (Phi) is 31.0. The zero-order valence-electron chi connectivity index (χ0n) is 28.8. The molecule has 0 saturated heterocycles. The number of ether oxygens (including phenoxy) is 3. The van der Waals surface area contributed by atoms with Crippen molar-refractivity contribution < 1.29 is 28.9 Å². The van der Waals surface area contributed by atoms with Gasteiger partial charge < -0.3 is 24.2 Å². The Bertz CT molecular complexity index is 617. The van der Waals surface area contributed by atoms with Crippen LogP contribution in [0.1, 0.15) is 150 Å². The Morgan fingerprint density at radius 2 is 1.12 bits per heavy atom. The number of hydrogen-bond acceptors (Lipinski definition) is 8. The highest BCUT2D eigenvalue weighted by molar-refractivity contribution is 5.69. The summed E-state index contributed by atoms with van der Waals surface area (Å²) in [6, 6.07) is 0. The normalized spacial score (nSPS) is 12.2. The highest BCUT2D eigenvalue weighted by Crippen LogP contribution is 2.17. The molecule has 0 rings (SSSR count). The molecule has 0 radical (unpaired) electrons. The second-order valence-electron chi connectivity index (χ2n) is 11.9. The molecular formula is C35H70N2O6. The van der Waals surface area contributed by atoms with E-state index in [1.165, 1.54) is 38.5 Å². The highest BCUT2D eigenvalue weighted by atomic mass is 16.7. The molecule has 0 aromatic rings. The van der Waals surface area contributed by atoms with E-state index >= 15 is 0 Å². The van der Waals surface area contributed by atoms with Crippen LogP contribution in [0.15, 0.2) is 0 Å². The Balaban J connectivity index is 4.16. The number of rotatable bonds is 32. The fourth-order valence-corrected chi connectivity index (χ4v) is 5.28. The van der Waals surface area contributed by atoms with E-state index in [0.717, 1.165) is 103 Å². The van der Waals surface area contributed by atoms with Crippen molar-refractivity contribution in [2.45, 2.75) is 156 Å². The van der Waals surface area contributed by atoms with Crippen molar-refractivity contribution in [3.05, 3.63) is 0 Å². The van der Waals surface area contributed by atoms with Crippen LogP contribution in [0.4, 0.5) is 4.79 Å². The molecule has 0 aromatic heterocycles. The topological polar surface area (TPSA) is 88.5 Å². The lowest BCUT2D eigenvalue weighted by molar-refractivity contribution is -0.143. The molecule has 0 saturated carbocycles. The summed E-state index contributed by atoms with van der Waals surface area (Å²) in [6.45, 7) is 14.6. The van der Waals surface area contributed by atoms with Gasteiger partial charge in [-0.25, -0.2) is 4.79 Å². The standard InChI is InChI=1S/C35H70N2O6/c1-5-9-11-13-18-22-31-41-34(39)25-21-17-15-14-16-20-24-33(23-19-12-10-6-2)43-35(40)42-32-29-37(28-30-38)27-26-36(7-3)8-4/h33,38H,5-32H2,1-4H3. The number of aliphatic hydroxyl groups excluding tert-OH is 1. The van der Waals surface area contributed by atoms with Gasteiger partial charge in [-0.15, -0.1) is 0 Å². The minimum atomic E-state index is -0.573. The molecule has 0 aromatic carbocycles. The third-order valence-corrected chi connectivity index (χ3v) is 8.23. The summed E-state index contributed by atoms with van der Waals surface area (Å²) in [4.78, 5) is 28.9. The van der Waals surface area contributed by atoms with Crippen LogP contribution in [-0.2, 0) is 19.0 Å². The molecule has 1 N–H and O–H groups in total. The van der Waals surface area contributed by atoms with Crippen LogP contribution in [0.3, 0.4) is 0 Å². The molecule has 0 bridgehead atoms. The first kappa shape index (κ1) is 41.6. The first-order valence-corrected chi connectivity index (χ1v) is 18.0. The maximum absolute atomic E-state index is 12.5. The van der Waals surface area contributed by atoms with Crippen LogP contribution < -0.4 is 0 Å². The lowest BCUT2D eigenvalue weighted by Crippen LogP contribution is -2.38. The van der Waals surface area contributed by atoms with Crippen LogP contribution in [0, 0.1) is 0 Å². The third-order valence-electron chi connectivity index (χ3n) is 8.23. The van der Waals surface area contributed by atoms with E-state index in [1.807, 2.05) is 0 Å². The van der Waals surface area contributed by atoms with Crippen molar-refractivity contribution in [2.75, 3.05) is 59.1 Å². The SMILES string of the molecule is CCCCCCCCOC(=O)CCCCCCCCC(CCCCCC)OC(=O)OCCN(CCO)CCN(CC)CC. The zero-order chi connectivity index (χ0) is 31.8. The number of carbonyl (C=O) groups excluding carboxylic acids is 2. The van der Waals surface area contributed by atoms with E-state index in [9.17, 15) is 14.7 Å². The minimum absolute atomic E-state index is 0.0516. The maximum Gasteiger partial charge on any atom is 0.508 e. The Hall–Kier alpha value is -1.38. The molecule has 256 valence electrons. The van der Waals surface area contributed by atoms with Crippen molar-refractivity contribution >= 4 is 12.1 Å². The van der Waals surface area contributed by atoms with Crippen LogP contribution >= 0.6 is 0 Å². The van der Waals surface area contributed by atoms with Gasteiger partial charge in [0.1, 0.15) is 12.7 Å². The molecule has 1 unspecified atom stereocenters. The van der Waals surface area contributed by atoms with Gasteiger partial charge in [-0.05, 0) is 51.6 Å². The number of hydrogen-bond donors (Lipinski definition) is 1. The summed E-state index contributed by atoms with van der Waals surface area (Å²) < 4.78 is 16.6. The third kappa shape index (κ3) is 27.9. The largest absolute Gasteiger partial charge is 0.508 e. The molecule has 0 fully saturated rings. The van der Waals surface area contributed by atoms with Gasteiger partial charge in [-0.3, -0.25) is 9.69 Å². The summed E-state index contributed by atoms with van der Waals surface area (Å²) >= 11 is 0. The summed E-state index contributed by atoms with van der Waals surface area (Å²) in [5, 5.41) is 9.41. The van der Waals surface area contributed by atoms with Gasteiger partial charge in [-0.2, -0.15) is 0 Å². The molecule has 0 heterocycles. The number of unbranched alkanes of at least 4 members (excludes halogenated alkanes) is 13. The van der Waals surface area contributed by atoms with Crippen molar-refractivity contribution in [1.29, 1.82) is 0 Å². The molecule has 1 atom stereocenters. The number of nitrogens with zero attached hydrogens (tertiary/aromatic N) is 2. The second-order valence-corrected chi connectivity index (χ2v) is 11.9. The van der Waals surface area contributed by atoms with E-state index in [1.54, 1.807) is 0 Å². The smallest absolute Gasteiger partial charge is 0.466 e. The maximum atomic E-state index is 12.5. The Morgan fingerprint density at radius 1 is 0.581 bits per heavy atom. The van der Waals surface area contributed by atoms with E-state index < -0.39 is 6.16 Å². The monoisotopic (exact) mass is 615 g/mol. The van der Waals surface area contributed by atoms with Crippen LogP contribution in [0.25, 0.3) is 0 Å². The van der Waals surface area contributed by atoms with Gasteiger partial charge in [0.15, 0.2) is 0 Å². The molecule has 0 amide bonds. The lowest BCUT2D eigenvalue weighted by Gasteiger charge is -2.25. The van der Waals surface area contributed by atoms with Gasteiger partial charge in [0.25, 0.3) is 0 Å². The van der Waals surface area contributed by atoms with Crippen LogP contribution in [0.2, 0.25) is 0 Å². The molecule has 0 aliphatic heterocycles. The van der Waals surface area contributed by atoms with E-state index in [0.29, 0.717) is 26.1 Å². The first-order valence-electron chi connectivity index (χ1n) is 18.0. The number of likely N-dealkylation sites (N-methyl/N-ethyl adjacent to an activating group) is 1. The molecular weight excluding hydrogens is 544 g/mol. The summed E-state index contributed by atoms with van der Waals surface area (Å²) in [6.07, 6.45) is 19.8. The quantitative estimate of drug-likeness (QED) is 0.0600. The Labute approximate surface area is 265 Å². The van der Waals surface area contributed by atoms with Gasteiger partial charge in [-0.1, -0.05) is 105 Å².